The van der Waals surface area contributed by atoms with Crippen molar-refractivity contribution in [3.8, 4) is 0 Å². The lowest BCUT2D eigenvalue weighted by Gasteiger charge is -2.08. The van der Waals surface area contributed by atoms with Crippen LogP contribution in [0.4, 0.5) is 11.5 Å². The summed E-state index contributed by atoms with van der Waals surface area (Å²) in [5.74, 6) is 0.218. The van der Waals surface area contributed by atoms with Gasteiger partial charge in [-0.3, -0.25) is 14.9 Å². The van der Waals surface area contributed by atoms with Crippen molar-refractivity contribution in [2.75, 3.05) is 18.4 Å². The lowest BCUT2D eigenvalue weighted by molar-refractivity contribution is -0.384. The molecule has 0 saturated carbocycles. The normalized spacial score (nSPS) is 10.8. The summed E-state index contributed by atoms with van der Waals surface area (Å²) in [6.07, 6.45) is 4.10. The molecule has 0 atom stereocenters. The molecule has 2 heterocycles. The van der Waals surface area contributed by atoms with E-state index < -0.39 is 10.8 Å². The summed E-state index contributed by atoms with van der Waals surface area (Å²) in [5, 5.41) is 22.0. The van der Waals surface area contributed by atoms with E-state index in [9.17, 15) is 14.9 Å². The van der Waals surface area contributed by atoms with Crippen LogP contribution in [-0.2, 0) is 6.54 Å². The molecule has 1 aromatic carbocycles. The van der Waals surface area contributed by atoms with E-state index >= 15 is 0 Å². The first-order valence-electron chi connectivity index (χ1n) is 8.63. The highest BCUT2D eigenvalue weighted by atomic mass is 35.5. The molecule has 0 aliphatic heterocycles. The van der Waals surface area contributed by atoms with E-state index in [2.05, 4.69) is 32.6 Å². The van der Waals surface area contributed by atoms with E-state index in [4.69, 9.17) is 11.6 Å². The van der Waals surface area contributed by atoms with Crippen LogP contribution in [-0.4, -0.2) is 43.7 Å². The minimum atomic E-state index is -0.577. The Morgan fingerprint density at radius 1 is 1.32 bits per heavy atom. The van der Waals surface area contributed by atoms with Crippen LogP contribution < -0.4 is 10.6 Å². The summed E-state index contributed by atoms with van der Waals surface area (Å²) >= 11 is 5.99. The fourth-order valence-electron chi connectivity index (χ4n) is 2.61. The van der Waals surface area contributed by atoms with Gasteiger partial charge in [-0.15, -0.1) is 0 Å². The molecule has 28 heavy (non-hydrogen) atoms. The third kappa shape index (κ3) is 4.17. The quantitative estimate of drug-likeness (QED) is 0.437. The Bertz CT molecular complexity index is 1020. The number of carbonyl (C=O) groups excluding carboxylic acids is 1. The van der Waals surface area contributed by atoms with Crippen molar-refractivity contribution in [1.29, 1.82) is 0 Å². The number of hydrogen-bond donors (Lipinski definition) is 2. The van der Waals surface area contributed by atoms with Gasteiger partial charge in [0, 0.05) is 25.2 Å². The lowest BCUT2D eigenvalue weighted by atomic mass is 10.2. The van der Waals surface area contributed by atoms with Crippen molar-refractivity contribution in [3.63, 3.8) is 0 Å². The third-order valence-electron chi connectivity index (χ3n) is 3.99. The van der Waals surface area contributed by atoms with Crippen LogP contribution in [0.5, 0.6) is 0 Å². The Morgan fingerprint density at radius 3 is 2.89 bits per heavy atom. The second-order valence-electron chi connectivity index (χ2n) is 5.93. The van der Waals surface area contributed by atoms with E-state index in [-0.39, 0.29) is 22.8 Å². The number of carbonyl (C=O) groups is 1. The van der Waals surface area contributed by atoms with Gasteiger partial charge >= 0.3 is 0 Å². The van der Waals surface area contributed by atoms with Gasteiger partial charge in [0.1, 0.15) is 12.1 Å². The molecule has 146 valence electrons. The third-order valence-corrected chi connectivity index (χ3v) is 4.32. The predicted molar refractivity (Wildman–Crippen MR) is 105 cm³/mol. The minimum absolute atomic E-state index is 0.0505. The first-order valence-corrected chi connectivity index (χ1v) is 9.01. The van der Waals surface area contributed by atoms with Crippen LogP contribution in [0, 0.1) is 10.1 Å². The topological polar surface area (TPSA) is 128 Å². The number of nitrogens with one attached hydrogen (secondary N) is 2. The monoisotopic (exact) mass is 403 g/mol. The molecular weight excluding hydrogens is 386 g/mol. The number of benzene rings is 1. The summed E-state index contributed by atoms with van der Waals surface area (Å²) in [7, 11) is 0. The highest BCUT2D eigenvalue weighted by Crippen LogP contribution is 2.22. The maximum atomic E-state index is 12.3. The van der Waals surface area contributed by atoms with E-state index in [0.717, 1.165) is 24.4 Å². The van der Waals surface area contributed by atoms with Crippen molar-refractivity contribution < 1.29 is 9.72 Å². The van der Waals surface area contributed by atoms with Gasteiger partial charge in [0.25, 0.3) is 11.6 Å². The molecule has 1 amide bonds. The number of nitro benzene ring substituents is 1. The molecule has 0 spiro atoms. The zero-order valence-corrected chi connectivity index (χ0v) is 15.8. The average Bonchev–Trinajstić information content (AvgIpc) is 3.10. The Kier molecular flexibility index (Phi) is 5.99. The number of hydrogen-bond acceptors (Lipinski definition) is 7. The minimum Gasteiger partial charge on any atom is -0.369 e. The van der Waals surface area contributed by atoms with Gasteiger partial charge in [-0.25, -0.2) is 14.6 Å². The van der Waals surface area contributed by atoms with Gasteiger partial charge in [0.05, 0.1) is 33.6 Å². The van der Waals surface area contributed by atoms with Gasteiger partial charge in [0.2, 0.25) is 0 Å². The summed E-state index contributed by atoms with van der Waals surface area (Å²) in [6.45, 7) is 3.46. The molecule has 0 aliphatic rings. The van der Waals surface area contributed by atoms with Crippen LogP contribution in [0.2, 0.25) is 5.02 Å². The molecule has 0 unspecified atom stereocenters. The first kappa shape index (κ1) is 19.5. The molecule has 3 rings (SSSR count). The molecule has 0 radical (unpaired) electrons. The number of aromatic nitrogens is 4. The van der Waals surface area contributed by atoms with E-state index in [1.165, 1.54) is 18.5 Å². The number of rotatable bonds is 8. The number of fused-ring (bicyclic) bond motifs is 1. The van der Waals surface area contributed by atoms with Gasteiger partial charge in [-0.1, -0.05) is 18.5 Å². The maximum absolute atomic E-state index is 12.3. The number of anilines is 1. The smallest absolute Gasteiger partial charge is 0.270 e. The Labute approximate surface area is 165 Å². The molecule has 3 aromatic rings. The van der Waals surface area contributed by atoms with Crippen LogP contribution in [0.25, 0.3) is 11.0 Å². The number of halogens is 1. The fourth-order valence-corrected chi connectivity index (χ4v) is 2.82. The second-order valence-corrected chi connectivity index (χ2v) is 6.34. The van der Waals surface area contributed by atoms with Gasteiger partial charge in [-0.2, -0.15) is 5.10 Å². The lowest BCUT2D eigenvalue weighted by Crippen LogP contribution is -2.27. The largest absolute Gasteiger partial charge is 0.369 e. The van der Waals surface area contributed by atoms with Crippen molar-refractivity contribution in [3.05, 3.63) is 51.4 Å². The molecule has 2 N–H and O–H groups in total. The zero-order chi connectivity index (χ0) is 20.1. The molecule has 2 aromatic heterocycles. The molecule has 0 fully saturated rings. The van der Waals surface area contributed by atoms with Gasteiger partial charge in [-0.05, 0) is 12.5 Å². The molecule has 0 bridgehead atoms. The van der Waals surface area contributed by atoms with Crippen molar-refractivity contribution >= 4 is 40.0 Å². The van der Waals surface area contributed by atoms with Crippen LogP contribution in [0.15, 0.2) is 30.7 Å². The average molecular weight is 404 g/mol. The van der Waals surface area contributed by atoms with Gasteiger partial charge in [0.15, 0.2) is 5.65 Å². The number of non-ortho nitro benzene ring substituents is 1. The predicted octanol–water partition coefficient (Wildman–Crippen LogP) is 2.64. The number of nitro groups is 1. The maximum Gasteiger partial charge on any atom is 0.270 e. The number of nitrogens with zero attached hydrogens (tertiary/aromatic N) is 5. The van der Waals surface area contributed by atoms with Crippen LogP contribution in [0.1, 0.15) is 23.7 Å². The summed E-state index contributed by atoms with van der Waals surface area (Å²) in [5.41, 5.74) is 0.502. The van der Waals surface area contributed by atoms with E-state index in [0.29, 0.717) is 18.0 Å². The summed E-state index contributed by atoms with van der Waals surface area (Å²) in [6, 6.07) is 3.73. The van der Waals surface area contributed by atoms with Crippen molar-refractivity contribution in [1.82, 2.24) is 25.1 Å². The highest BCUT2D eigenvalue weighted by molar-refractivity contribution is 6.33. The Balaban J connectivity index is 1.68. The summed E-state index contributed by atoms with van der Waals surface area (Å²) < 4.78 is 1.66. The number of amides is 1. The Hall–Kier alpha value is -3.27. The molecule has 10 nitrogen and oxygen atoms in total. The SMILES string of the molecule is CCCNc1ncnc2c1cnn2CCNC(=O)c1cc([N+](=O)[O-])ccc1Cl. The molecule has 0 aliphatic carbocycles. The summed E-state index contributed by atoms with van der Waals surface area (Å²) in [4.78, 5) is 31.1. The second kappa shape index (κ2) is 8.61. The van der Waals surface area contributed by atoms with Crippen molar-refractivity contribution in [2.45, 2.75) is 19.9 Å². The fraction of sp³-hybridized carbons (Fsp3) is 0.294. The van der Waals surface area contributed by atoms with Crippen LogP contribution in [0.3, 0.4) is 0 Å². The van der Waals surface area contributed by atoms with E-state index in [1.807, 2.05) is 0 Å². The van der Waals surface area contributed by atoms with E-state index in [1.54, 1.807) is 10.9 Å². The highest BCUT2D eigenvalue weighted by Gasteiger charge is 2.16. The molecule has 11 heteroatoms. The van der Waals surface area contributed by atoms with Gasteiger partial charge < -0.3 is 10.6 Å². The zero-order valence-electron chi connectivity index (χ0n) is 15.1. The van der Waals surface area contributed by atoms with Crippen molar-refractivity contribution in [2.24, 2.45) is 0 Å². The molecular formula is C17H18ClN7O3. The Morgan fingerprint density at radius 2 is 2.14 bits per heavy atom. The molecule has 0 saturated heterocycles. The standard InChI is InChI=1S/C17H18ClN7O3/c1-2-5-19-15-13-9-23-24(16(13)22-10-21-15)7-6-20-17(26)12-8-11(25(27)28)3-4-14(12)18/h3-4,8-10H,2,5-7H2,1H3,(H,20,26)(H,19,21,22). The first-order chi connectivity index (χ1) is 13.5. The van der Waals surface area contributed by atoms with Crippen LogP contribution >= 0.6 is 11.6 Å².